The van der Waals surface area contributed by atoms with Gasteiger partial charge >= 0.3 is 0 Å². The van der Waals surface area contributed by atoms with Crippen molar-refractivity contribution in [3.8, 4) is 11.1 Å². The van der Waals surface area contributed by atoms with Crippen LogP contribution in [0.2, 0.25) is 0 Å². The van der Waals surface area contributed by atoms with Gasteiger partial charge in [-0.3, -0.25) is 0 Å². The summed E-state index contributed by atoms with van der Waals surface area (Å²) in [6.07, 6.45) is 1.09. The largest absolute Gasteiger partial charge is 0.362 e. The second-order valence-electron chi connectivity index (χ2n) is 6.10. The highest BCUT2D eigenvalue weighted by molar-refractivity contribution is 7.89. The van der Waals surface area contributed by atoms with Crippen molar-refractivity contribution >= 4 is 38.0 Å². The van der Waals surface area contributed by atoms with Gasteiger partial charge in [0, 0.05) is 19.8 Å². The summed E-state index contributed by atoms with van der Waals surface area (Å²) in [5.74, 6) is 0.640. The molecule has 2 aromatic carbocycles. The Hall–Kier alpha value is -2.71. The van der Waals surface area contributed by atoms with Crippen molar-refractivity contribution in [1.29, 1.82) is 0 Å². The van der Waals surface area contributed by atoms with Crippen molar-refractivity contribution in [2.24, 2.45) is 4.40 Å². The van der Waals surface area contributed by atoms with Crippen molar-refractivity contribution < 1.29 is 8.42 Å². The molecule has 0 aliphatic rings. The quantitative estimate of drug-likeness (QED) is 0.710. The van der Waals surface area contributed by atoms with Crippen molar-refractivity contribution in [3.05, 3.63) is 65.3 Å². The molecule has 0 bridgehead atoms. The molecule has 6 nitrogen and oxygen atoms in total. The van der Waals surface area contributed by atoms with E-state index in [4.69, 9.17) is 4.98 Å². The molecule has 0 radical (unpaired) electrons. The average molecular weight is 401 g/mol. The van der Waals surface area contributed by atoms with E-state index in [1.54, 1.807) is 0 Å². The Morgan fingerprint density at radius 1 is 1.00 bits per heavy atom. The van der Waals surface area contributed by atoms with Crippen LogP contribution in [0.15, 0.2) is 65.1 Å². The molecule has 0 fully saturated rings. The van der Waals surface area contributed by atoms with Gasteiger partial charge < -0.3 is 10.2 Å². The van der Waals surface area contributed by atoms with Crippen LogP contribution in [0.5, 0.6) is 0 Å². The van der Waals surface area contributed by atoms with Gasteiger partial charge in [0.15, 0.2) is 5.13 Å². The monoisotopic (exact) mass is 400 g/mol. The minimum atomic E-state index is -3.58. The molecule has 0 aliphatic carbocycles. The number of para-hydroxylation sites is 1. The minimum Gasteiger partial charge on any atom is -0.362 e. The van der Waals surface area contributed by atoms with E-state index < -0.39 is 10.0 Å². The molecule has 1 aromatic heterocycles. The maximum absolute atomic E-state index is 11.9. The third kappa shape index (κ3) is 4.93. The summed E-state index contributed by atoms with van der Waals surface area (Å²) in [5.41, 5.74) is 2.41. The van der Waals surface area contributed by atoms with E-state index in [-0.39, 0.29) is 0 Å². The molecule has 0 saturated carbocycles. The minimum absolute atomic E-state index is 0.390. The predicted molar refractivity (Wildman–Crippen MR) is 112 cm³/mol. The molecular weight excluding hydrogens is 380 g/mol. The van der Waals surface area contributed by atoms with Crippen LogP contribution in [0.1, 0.15) is 0 Å². The Balaban J connectivity index is 2.28. The van der Waals surface area contributed by atoms with E-state index in [0.29, 0.717) is 21.2 Å². The smallest absolute Gasteiger partial charge is 0.251 e. The molecule has 0 aliphatic heterocycles. The maximum atomic E-state index is 11.9. The van der Waals surface area contributed by atoms with Crippen LogP contribution in [0, 0.1) is 0 Å². The molecular formula is C19H20N4O2S2. The fraction of sp³-hybridized carbons (Fsp3) is 0.158. The van der Waals surface area contributed by atoms with Crippen molar-refractivity contribution in [2.75, 3.05) is 30.6 Å². The number of rotatable bonds is 5. The van der Waals surface area contributed by atoms with Gasteiger partial charge in [-0.1, -0.05) is 59.9 Å². The van der Waals surface area contributed by atoms with Crippen molar-refractivity contribution in [1.82, 2.24) is 4.98 Å². The molecule has 0 atom stereocenters. The second-order valence-corrected chi connectivity index (χ2v) is 8.72. The number of anilines is 3. The summed E-state index contributed by atoms with van der Waals surface area (Å²) in [6, 6.07) is 19.2. The van der Waals surface area contributed by atoms with E-state index >= 15 is 0 Å². The first-order chi connectivity index (χ1) is 12.8. The van der Waals surface area contributed by atoms with Gasteiger partial charge in [0.1, 0.15) is 10.5 Å². The molecule has 1 heterocycles. The first-order valence-electron chi connectivity index (χ1n) is 8.19. The lowest BCUT2D eigenvalue weighted by molar-refractivity contribution is 0.603. The van der Waals surface area contributed by atoms with Crippen LogP contribution < -0.4 is 14.9 Å². The van der Waals surface area contributed by atoms with E-state index in [2.05, 4.69) is 9.71 Å². The first-order valence-corrected chi connectivity index (χ1v) is 10.9. The first kappa shape index (κ1) is 19.1. The summed E-state index contributed by atoms with van der Waals surface area (Å²) in [6.45, 7) is 0. The van der Waals surface area contributed by atoms with Gasteiger partial charge in [-0.05, 0) is 17.7 Å². The normalized spacial score (nSPS) is 12.0. The molecule has 1 N–H and O–H groups in total. The maximum Gasteiger partial charge on any atom is 0.251 e. The Morgan fingerprint density at radius 2 is 1.59 bits per heavy atom. The Morgan fingerprint density at radius 3 is 2.15 bits per heavy atom. The molecule has 8 heteroatoms. The number of sulfonamides is 1. The van der Waals surface area contributed by atoms with Gasteiger partial charge in [0.25, 0.3) is 10.0 Å². The predicted octanol–water partition coefficient (Wildman–Crippen LogP) is 3.48. The highest BCUT2D eigenvalue weighted by atomic mass is 32.2. The topological polar surface area (TPSA) is 74.7 Å². The Kier molecular flexibility index (Phi) is 5.57. The zero-order valence-electron chi connectivity index (χ0n) is 15.2. The number of aromatic nitrogens is 1. The molecule has 3 rings (SSSR count). The standard InChI is InChI=1S/C19H20N4O2S2/c1-23(2)17-16(14-10-6-4-7-11-14)18(22-27(3,24)25)26-19(21-17)20-15-12-8-5-9-13-15/h4-13H,1-3H3,(H,20,21)/b22-18-. The SMILES string of the molecule is CN(C)c1nc(Nc2ccccc2)s/c(=N\S(C)(=O)=O)c1-c1ccccc1. The van der Waals surface area contributed by atoms with E-state index in [0.717, 1.165) is 17.5 Å². The number of nitrogens with one attached hydrogen (secondary N) is 1. The number of hydrogen-bond donors (Lipinski definition) is 1. The average Bonchev–Trinajstić information content (AvgIpc) is 2.61. The fourth-order valence-electron chi connectivity index (χ4n) is 2.51. The Labute approximate surface area is 162 Å². The summed E-state index contributed by atoms with van der Waals surface area (Å²) in [5, 5.41) is 3.79. The molecule has 3 aromatic rings. The van der Waals surface area contributed by atoms with Crippen molar-refractivity contribution in [2.45, 2.75) is 0 Å². The van der Waals surface area contributed by atoms with Gasteiger partial charge in [-0.25, -0.2) is 13.4 Å². The third-order valence-corrected chi connectivity index (χ3v) is 5.10. The summed E-state index contributed by atoms with van der Waals surface area (Å²) >= 11 is 1.20. The number of hydrogen-bond acceptors (Lipinski definition) is 6. The lowest BCUT2D eigenvalue weighted by atomic mass is 10.1. The molecule has 140 valence electrons. The van der Waals surface area contributed by atoms with Crippen molar-refractivity contribution in [3.63, 3.8) is 0 Å². The summed E-state index contributed by atoms with van der Waals surface area (Å²) in [7, 11) is 0.164. The lowest BCUT2D eigenvalue weighted by Gasteiger charge is -2.18. The van der Waals surface area contributed by atoms with E-state index in [9.17, 15) is 8.42 Å². The van der Waals surface area contributed by atoms with Crippen LogP contribution in [0.3, 0.4) is 0 Å². The lowest BCUT2D eigenvalue weighted by Crippen LogP contribution is -2.18. The van der Waals surface area contributed by atoms with Crippen LogP contribution in [0.4, 0.5) is 16.6 Å². The van der Waals surface area contributed by atoms with Crippen LogP contribution in [-0.4, -0.2) is 33.8 Å². The number of nitrogens with zero attached hydrogens (tertiary/aromatic N) is 3. The van der Waals surface area contributed by atoms with Gasteiger partial charge in [-0.15, -0.1) is 0 Å². The number of benzene rings is 2. The fourth-order valence-corrected chi connectivity index (χ4v) is 4.25. The zero-order valence-corrected chi connectivity index (χ0v) is 16.9. The third-order valence-electron chi connectivity index (χ3n) is 3.60. The zero-order chi connectivity index (χ0) is 19.4. The van der Waals surface area contributed by atoms with Gasteiger partial charge in [0.2, 0.25) is 0 Å². The molecule has 0 amide bonds. The summed E-state index contributed by atoms with van der Waals surface area (Å²) < 4.78 is 28.2. The summed E-state index contributed by atoms with van der Waals surface area (Å²) in [4.78, 5) is 6.57. The second kappa shape index (κ2) is 7.89. The van der Waals surface area contributed by atoms with E-state index in [1.807, 2.05) is 79.7 Å². The Bertz CT molecular complexity index is 1090. The van der Waals surface area contributed by atoms with Crippen LogP contribution in [0.25, 0.3) is 11.1 Å². The van der Waals surface area contributed by atoms with Gasteiger partial charge in [-0.2, -0.15) is 4.40 Å². The molecule has 27 heavy (non-hydrogen) atoms. The molecule has 0 unspecified atom stereocenters. The van der Waals surface area contributed by atoms with Gasteiger partial charge in [0.05, 0.1) is 11.8 Å². The highest BCUT2D eigenvalue weighted by Crippen LogP contribution is 2.29. The van der Waals surface area contributed by atoms with E-state index in [1.165, 1.54) is 11.3 Å². The van der Waals surface area contributed by atoms with Crippen LogP contribution in [-0.2, 0) is 10.0 Å². The molecule has 0 spiro atoms. The molecule has 0 saturated heterocycles. The van der Waals surface area contributed by atoms with Crippen LogP contribution >= 0.6 is 11.3 Å². The highest BCUT2D eigenvalue weighted by Gasteiger charge is 2.16.